The van der Waals surface area contributed by atoms with Gasteiger partial charge in [0.1, 0.15) is 11.5 Å². The fourth-order valence-electron chi connectivity index (χ4n) is 1.55. The van der Waals surface area contributed by atoms with Gasteiger partial charge in [0.05, 0.1) is 14.2 Å². The van der Waals surface area contributed by atoms with E-state index < -0.39 is 5.90 Å². The quantitative estimate of drug-likeness (QED) is 0.747. The Morgan fingerprint density at radius 1 is 0.900 bits per heavy atom. The molecular formula is C14H16O2P2S2. The average molecular weight is 342 g/mol. The van der Waals surface area contributed by atoms with Gasteiger partial charge in [0.25, 0.3) is 0 Å². The van der Waals surface area contributed by atoms with Crippen LogP contribution in [0.15, 0.2) is 48.5 Å². The van der Waals surface area contributed by atoms with E-state index in [1.165, 1.54) is 10.6 Å². The summed E-state index contributed by atoms with van der Waals surface area (Å²) in [5.41, 5.74) is 0. The Bertz CT molecular complexity index is 571. The highest BCUT2D eigenvalue weighted by Gasteiger charge is 2.02. The third-order valence-electron chi connectivity index (χ3n) is 2.68. The largest absolute Gasteiger partial charge is 0.497 e. The standard InChI is InChI=1S/C14H16O2P2S2/c1-15-11-3-7-13(8-4-11)17-20-18(19)14-9-5-12(16-2)6-10-14/h3-10,17-18H,1-2H3. The summed E-state index contributed by atoms with van der Waals surface area (Å²) in [4.78, 5) is 0. The van der Waals surface area contributed by atoms with E-state index in [-0.39, 0.29) is 0 Å². The molecular weight excluding hydrogens is 326 g/mol. The summed E-state index contributed by atoms with van der Waals surface area (Å²) >= 11 is 7.51. The summed E-state index contributed by atoms with van der Waals surface area (Å²) in [5, 5.41) is 2.55. The van der Waals surface area contributed by atoms with Crippen molar-refractivity contribution in [2.45, 2.75) is 0 Å². The van der Waals surface area contributed by atoms with Gasteiger partial charge in [-0.3, -0.25) is 0 Å². The molecule has 0 heterocycles. The zero-order chi connectivity index (χ0) is 14.4. The van der Waals surface area contributed by atoms with E-state index in [0.717, 1.165) is 11.5 Å². The Morgan fingerprint density at radius 2 is 1.40 bits per heavy atom. The molecule has 0 aliphatic rings. The van der Waals surface area contributed by atoms with Crippen molar-refractivity contribution in [3.8, 4) is 11.5 Å². The molecule has 0 aromatic heterocycles. The van der Waals surface area contributed by atoms with Crippen LogP contribution in [0.3, 0.4) is 0 Å². The van der Waals surface area contributed by atoms with Crippen molar-refractivity contribution in [3.63, 3.8) is 0 Å². The molecule has 2 aromatic rings. The monoisotopic (exact) mass is 342 g/mol. The second-order valence-electron chi connectivity index (χ2n) is 3.95. The van der Waals surface area contributed by atoms with Gasteiger partial charge in [0, 0.05) is 5.90 Å². The average Bonchev–Trinajstić information content (AvgIpc) is 2.53. The predicted molar refractivity (Wildman–Crippen MR) is 96.8 cm³/mol. The zero-order valence-corrected chi connectivity index (χ0v) is 14.9. The molecule has 2 rings (SSSR count). The molecule has 0 amide bonds. The molecule has 0 bridgehead atoms. The highest BCUT2D eigenvalue weighted by Crippen LogP contribution is 2.49. The van der Waals surface area contributed by atoms with Crippen LogP contribution in [0.1, 0.15) is 0 Å². The van der Waals surface area contributed by atoms with Gasteiger partial charge in [-0.25, -0.2) is 0 Å². The predicted octanol–water partition coefficient (Wildman–Crippen LogP) is 3.57. The summed E-state index contributed by atoms with van der Waals surface area (Å²) in [7, 11) is 4.03. The first-order valence-electron chi connectivity index (χ1n) is 5.98. The van der Waals surface area contributed by atoms with Crippen LogP contribution in [0.5, 0.6) is 11.5 Å². The van der Waals surface area contributed by atoms with Crippen LogP contribution in [0.4, 0.5) is 0 Å². The molecule has 0 N–H and O–H groups in total. The summed E-state index contributed by atoms with van der Waals surface area (Å²) in [6, 6.07) is 16.3. The summed E-state index contributed by atoms with van der Waals surface area (Å²) in [5.74, 6) is 0.788. The Labute approximate surface area is 131 Å². The lowest BCUT2D eigenvalue weighted by molar-refractivity contribution is 0.415. The van der Waals surface area contributed by atoms with Gasteiger partial charge >= 0.3 is 0 Å². The van der Waals surface area contributed by atoms with Crippen molar-refractivity contribution >= 4 is 47.1 Å². The molecule has 0 aliphatic carbocycles. The van der Waals surface area contributed by atoms with Crippen LogP contribution in [0.25, 0.3) is 0 Å². The molecule has 6 heteroatoms. The molecule has 2 unspecified atom stereocenters. The van der Waals surface area contributed by atoms with Gasteiger partial charge in [-0.05, 0) is 54.8 Å². The highest BCUT2D eigenvalue weighted by atomic mass is 33.1. The normalized spacial score (nSPS) is 12.5. The second-order valence-corrected chi connectivity index (χ2v) is 12.4. The number of ether oxygens (including phenoxy) is 2. The van der Waals surface area contributed by atoms with Crippen LogP contribution >= 0.6 is 24.7 Å². The van der Waals surface area contributed by atoms with E-state index in [4.69, 9.17) is 21.3 Å². The minimum absolute atomic E-state index is 0.677. The van der Waals surface area contributed by atoms with E-state index in [1.54, 1.807) is 14.2 Å². The first-order chi connectivity index (χ1) is 9.72. The van der Waals surface area contributed by atoms with Gasteiger partial charge in [0.15, 0.2) is 0 Å². The van der Waals surface area contributed by atoms with Gasteiger partial charge in [0.2, 0.25) is 0 Å². The maximum atomic E-state index is 5.64. The third kappa shape index (κ3) is 4.49. The van der Waals surface area contributed by atoms with Crippen molar-refractivity contribution in [2.75, 3.05) is 14.2 Å². The minimum Gasteiger partial charge on any atom is -0.497 e. The molecule has 0 aliphatic heterocycles. The van der Waals surface area contributed by atoms with E-state index in [0.29, 0.717) is 7.78 Å². The maximum Gasteiger partial charge on any atom is 0.118 e. The Kier molecular flexibility index (Phi) is 6.38. The lowest BCUT2D eigenvalue weighted by Crippen LogP contribution is -1.94. The number of hydrogen-bond acceptors (Lipinski definition) is 4. The molecule has 106 valence electrons. The van der Waals surface area contributed by atoms with Crippen molar-refractivity contribution in [1.29, 1.82) is 0 Å². The number of benzene rings is 2. The zero-order valence-electron chi connectivity index (χ0n) is 11.3. The van der Waals surface area contributed by atoms with E-state index >= 15 is 0 Å². The van der Waals surface area contributed by atoms with Gasteiger partial charge in [-0.1, -0.05) is 34.9 Å². The molecule has 2 aromatic carbocycles. The van der Waals surface area contributed by atoms with Crippen LogP contribution in [-0.2, 0) is 11.8 Å². The number of hydrogen-bond donors (Lipinski definition) is 0. The van der Waals surface area contributed by atoms with Crippen molar-refractivity contribution in [2.24, 2.45) is 0 Å². The fourth-order valence-corrected chi connectivity index (χ4v) is 8.91. The van der Waals surface area contributed by atoms with Crippen LogP contribution in [-0.4, -0.2) is 14.2 Å². The van der Waals surface area contributed by atoms with E-state index in [9.17, 15) is 0 Å². The maximum absolute atomic E-state index is 5.64. The van der Waals surface area contributed by atoms with Crippen molar-refractivity contribution in [3.05, 3.63) is 48.5 Å². The fraction of sp³-hybridized carbons (Fsp3) is 0.143. The SMILES string of the molecule is COc1ccc(PS[PH](=S)c2ccc(OC)cc2)cc1. The summed E-state index contributed by atoms with van der Waals surface area (Å²) in [6.07, 6.45) is 0. The van der Waals surface area contributed by atoms with Gasteiger partial charge < -0.3 is 9.47 Å². The molecule has 0 radical (unpaired) electrons. The smallest absolute Gasteiger partial charge is 0.118 e. The topological polar surface area (TPSA) is 18.5 Å². The van der Waals surface area contributed by atoms with Crippen molar-refractivity contribution < 1.29 is 9.47 Å². The Hall–Kier alpha value is -0.530. The molecule has 0 saturated heterocycles. The van der Waals surface area contributed by atoms with Gasteiger partial charge in [-0.2, -0.15) is 0 Å². The summed E-state index contributed by atoms with van der Waals surface area (Å²) < 4.78 is 10.3. The number of rotatable bonds is 6. The summed E-state index contributed by atoms with van der Waals surface area (Å²) in [6.45, 7) is 0. The van der Waals surface area contributed by atoms with Crippen LogP contribution in [0.2, 0.25) is 0 Å². The third-order valence-corrected chi connectivity index (χ3v) is 12.2. The minimum atomic E-state index is -0.979. The van der Waals surface area contributed by atoms with E-state index in [2.05, 4.69) is 24.3 Å². The second kappa shape index (κ2) is 8.05. The molecule has 2 nitrogen and oxygen atoms in total. The van der Waals surface area contributed by atoms with Gasteiger partial charge in [-0.15, -0.1) is 0 Å². The molecule has 2 atom stereocenters. The Morgan fingerprint density at radius 3 is 1.90 bits per heavy atom. The molecule has 0 spiro atoms. The first-order valence-corrected chi connectivity index (χ1v) is 11.9. The first kappa shape index (κ1) is 15.9. The molecule has 0 fully saturated rings. The van der Waals surface area contributed by atoms with E-state index in [1.807, 2.05) is 35.3 Å². The lowest BCUT2D eigenvalue weighted by atomic mass is 10.3. The van der Waals surface area contributed by atoms with Crippen molar-refractivity contribution in [1.82, 2.24) is 0 Å². The molecule has 0 saturated carbocycles. The lowest BCUT2D eigenvalue weighted by Gasteiger charge is -2.07. The number of methoxy groups -OCH3 is 2. The molecule has 20 heavy (non-hydrogen) atoms. The Balaban J connectivity index is 1.93. The van der Waals surface area contributed by atoms with Crippen LogP contribution < -0.4 is 20.1 Å². The van der Waals surface area contributed by atoms with Crippen LogP contribution in [0, 0.1) is 0 Å². The highest BCUT2D eigenvalue weighted by molar-refractivity contribution is 8.88.